The van der Waals surface area contributed by atoms with Crippen LogP contribution in [0.15, 0.2) is 30.3 Å². The van der Waals surface area contributed by atoms with E-state index in [1.54, 1.807) is 0 Å². The standard InChI is InChI=1S/C18H29N3O/c1-14(2)12-17(19)18(22)20-16-8-10-21(11-9-16)13-15-6-4-3-5-7-15/h3-7,14,16-17H,8-13,19H2,1-2H3,(H,20,22)/t17-/m1/s1. The molecule has 1 aliphatic rings. The zero-order chi connectivity index (χ0) is 15.9. The number of benzene rings is 1. The lowest BCUT2D eigenvalue weighted by Crippen LogP contribution is -2.49. The molecule has 0 spiro atoms. The maximum atomic E-state index is 12.1. The van der Waals surface area contributed by atoms with Crippen LogP contribution in [0.1, 0.15) is 38.7 Å². The highest BCUT2D eigenvalue weighted by Gasteiger charge is 2.23. The Hall–Kier alpha value is -1.39. The van der Waals surface area contributed by atoms with E-state index in [2.05, 4.69) is 48.3 Å². The van der Waals surface area contributed by atoms with Gasteiger partial charge in [-0.05, 0) is 30.7 Å². The van der Waals surface area contributed by atoms with Gasteiger partial charge in [-0.25, -0.2) is 0 Å². The molecule has 0 radical (unpaired) electrons. The number of likely N-dealkylation sites (tertiary alicyclic amines) is 1. The lowest BCUT2D eigenvalue weighted by molar-refractivity contribution is -0.123. The fraction of sp³-hybridized carbons (Fsp3) is 0.611. The summed E-state index contributed by atoms with van der Waals surface area (Å²) >= 11 is 0. The van der Waals surface area contributed by atoms with E-state index in [4.69, 9.17) is 5.73 Å². The maximum Gasteiger partial charge on any atom is 0.237 e. The van der Waals surface area contributed by atoms with E-state index in [0.29, 0.717) is 5.92 Å². The van der Waals surface area contributed by atoms with E-state index in [1.807, 2.05) is 6.07 Å². The number of nitrogens with one attached hydrogen (secondary N) is 1. The third-order valence-electron chi connectivity index (χ3n) is 4.25. The zero-order valence-electron chi connectivity index (χ0n) is 13.8. The van der Waals surface area contributed by atoms with Gasteiger partial charge in [-0.1, -0.05) is 44.2 Å². The summed E-state index contributed by atoms with van der Waals surface area (Å²) in [6, 6.07) is 10.4. The first kappa shape index (κ1) is 17.0. The second-order valence-corrected chi connectivity index (χ2v) is 6.78. The first-order valence-corrected chi connectivity index (χ1v) is 8.37. The summed E-state index contributed by atoms with van der Waals surface area (Å²) in [6.07, 6.45) is 2.76. The second-order valence-electron chi connectivity index (χ2n) is 6.78. The van der Waals surface area contributed by atoms with Gasteiger partial charge in [0.05, 0.1) is 6.04 Å². The average Bonchev–Trinajstić information content (AvgIpc) is 2.49. The Morgan fingerprint density at radius 2 is 1.91 bits per heavy atom. The van der Waals surface area contributed by atoms with Crippen LogP contribution in [0.3, 0.4) is 0 Å². The first-order valence-electron chi connectivity index (χ1n) is 8.37. The fourth-order valence-corrected chi connectivity index (χ4v) is 3.00. The Morgan fingerprint density at radius 1 is 1.27 bits per heavy atom. The lowest BCUT2D eigenvalue weighted by Gasteiger charge is -2.33. The number of piperidine rings is 1. The van der Waals surface area contributed by atoms with Gasteiger partial charge < -0.3 is 11.1 Å². The maximum absolute atomic E-state index is 12.1. The molecule has 4 nitrogen and oxygen atoms in total. The third-order valence-corrected chi connectivity index (χ3v) is 4.25. The van der Waals surface area contributed by atoms with E-state index in [9.17, 15) is 4.79 Å². The highest BCUT2D eigenvalue weighted by Crippen LogP contribution is 2.14. The molecule has 1 fully saturated rings. The summed E-state index contributed by atoms with van der Waals surface area (Å²) < 4.78 is 0. The number of carbonyl (C=O) groups is 1. The van der Waals surface area contributed by atoms with Crippen molar-refractivity contribution >= 4 is 5.91 Å². The van der Waals surface area contributed by atoms with Crippen molar-refractivity contribution in [1.82, 2.24) is 10.2 Å². The zero-order valence-corrected chi connectivity index (χ0v) is 13.8. The molecule has 0 unspecified atom stereocenters. The number of amides is 1. The molecule has 1 aromatic carbocycles. The molecule has 1 aliphatic heterocycles. The highest BCUT2D eigenvalue weighted by atomic mass is 16.2. The monoisotopic (exact) mass is 303 g/mol. The Balaban J connectivity index is 1.72. The van der Waals surface area contributed by atoms with Gasteiger partial charge in [-0.3, -0.25) is 9.69 Å². The minimum atomic E-state index is -0.373. The minimum absolute atomic E-state index is 0.00945. The van der Waals surface area contributed by atoms with Crippen molar-refractivity contribution < 1.29 is 4.79 Å². The van der Waals surface area contributed by atoms with Gasteiger partial charge in [-0.15, -0.1) is 0 Å². The Morgan fingerprint density at radius 3 is 2.50 bits per heavy atom. The van der Waals surface area contributed by atoms with Crippen LogP contribution in [0.25, 0.3) is 0 Å². The highest BCUT2D eigenvalue weighted by molar-refractivity contribution is 5.81. The summed E-state index contributed by atoms with van der Waals surface area (Å²) in [5.74, 6) is 0.462. The van der Waals surface area contributed by atoms with Crippen LogP contribution in [0.4, 0.5) is 0 Å². The number of hydrogen-bond acceptors (Lipinski definition) is 3. The molecule has 1 heterocycles. The van der Waals surface area contributed by atoms with Gasteiger partial charge >= 0.3 is 0 Å². The van der Waals surface area contributed by atoms with Crippen molar-refractivity contribution in [3.63, 3.8) is 0 Å². The largest absolute Gasteiger partial charge is 0.352 e. The van der Waals surface area contributed by atoms with E-state index >= 15 is 0 Å². The molecule has 1 aromatic rings. The van der Waals surface area contributed by atoms with Crippen LogP contribution >= 0.6 is 0 Å². The predicted octanol–water partition coefficient (Wildman–Crippen LogP) is 2.14. The van der Waals surface area contributed by atoms with Gasteiger partial charge in [0, 0.05) is 25.7 Å². The van der Waals surface area contributed by atoms with Gasteiger partial charge in [0.25, 0.3) is 0 Å². The van der Waals surface area contributed by atoms with Gasteiger partial charge in [0.15, 0.2) is 0 Å². The van der Waals surface area contributed by atoms with Crippen molar-refractivity contribution in [3.05, 3.63) is 35.9 Å². The first-order chi connectivity index (χ1) is 10.5. The van der Waals surface area contributed by atoms with Crippen LogP contribution < -0.4 is 11.1 Å². The minimum Gasteiger partial charge on any atom is -0.352 e. The third kappa shape index (κ3) is 5.43. The number of nitrogens with zero attached hydrogens (tertiary/aromatic N) is 1. The number of rotatable bonds is 6. The van der Waals surface area contributed by atoms with E-state index in [-0.39, 0.29) is 18.0 Å². The van der Waals surface area contributed by atoms with Gasteiger partial charge in [0.2, 0.25) is 5.91 Å². The molecule has 0 aliphatic carbocycles. The molecule has 22 heavy (non-hydrogen) atoms. The summed E-state index contributed by atoms with van der Waals surface area (Å²) in [5.41, 5.74) is 7.29. The van der Waals surface area contributed by atoms with Crippen LogP contribution in [0.5, 0.6) is 0 Å². The topological polar surface area (TPSA) is 58.4 Å². The fourth-order valence-electron chi connectivity index (χ4n) is 3.00. The summed E-state index contributed by atoms with van der Waals surface area (Å²) in [7, 11) is 0. The molecule has 3 N–H and O–H groups in total. The Bertz CT molecular complexity index is 453. The van der Waals surface area contributed by atoms with Crippen molar-refractivity contribution in [1.29, 1.82) is 0 Å². The van der Waals surface area contributed by atoms with E-state index < -0.39 is 0 Å². The van der Waals surface area contributed by atoms with Crippen molar-refractivity contribution in [2.24, 2.45) is 11.7 Å². The number of carbonyl (C=O) groups excluding carboxylic acids is 1. The molecule has 0 bridgehead atoms. The molecular weight excluding hydrogens is 274 g/mol. The molecule has 0 aromatic heterocycles. The summed E-state index contributed by atoms with van der Waals surface area (Å²) in [5, 5.41) is 3.12. The summed E-state index contributed by atoms with van der Waals surface area (Å²) in [6.45, 7) is 7.23. The molecule has 1 saturated heterocycles. The van der Waals surface area contributed by atoms with Crippen molar-refractivity contribution in [3.8, 4) is 0 Å². The van der Waals surface area contributed by atoms with Crippen LogP contribution in [0.2, 0.25) is 0 Å². The van der Waals surface area contributed by atoms with Crippen molar-refractivity contribution in [2.75, 3.05) is 13.1 Å². The Kier molecular flexibility index (Phi) is 6.40. The molecule has 4 heteroatoms. The van der Waals surface area contributed by atoms with Gasteiger partial charge in [-0.2, -0.15) is 0 Å². The van der Waals surface area contributed by atoms with E-state index in [1.165, 1.54) is 5.56 Å². The molecule has 122 valence electrons. The Labute approximate surface area is 134 Å². The quantitative estimate of drug-likeness (QED) is 0.846. The summed E-state index contributed by atoms with van der Waals surface area (Å²) in [4.78, 5) is 14.5. The van der Waals surface area contributed by atoms with Gasteiger partial charge in [0.1, 0.15) is 0 Å². The van der Waals surface area contributed by atoms with Crippen LogP contribution in [-0.2, 0) is 11.3 Å². The molecule has 2 rings (SSSR count). The molecular formula is C18H29N3O. The van der Waals surface area contributed by atoms with Crippen molar-refractivity contribution in [2.45, 2.75) is 51.7 Å². The predicted molar refractivity (Wildman–Crippen MR) is 90.3 cm³/mol. The normalized spacial score (nSPS) is 18.4. The smallest absolute Gasteiger partial charge is 0.237 e. The lowest BCUT2D eigenvalue weighted by atomic mass is 10.0. The van der Waals surface area contributed by atoms with Crippen LogP contribution in [-0.4, -0.2) is 36.0 Å². The SMILES string of the molecule is CC(C)C[C@@H](N)C(=O)NC1CCN(Cc2ccccc2)CC1. The average molecular weight is 303 g/mol. The second kappa shape index (κ2) is 8.30. The molecule has 1 amide bonds. The van der Waals surface area contributed by atoms with Crippen LogP contribution in [0, 0.1) is 5.92 Å². The van der Waals surface area contributed by atoms with E-state index in [0.717, 1.165) is 38.9 Å². The number of hydrogen-bond donors (Lipinski definition) is 2. The molecule has 1 atom stereocenters. The number of nitrogens with two attached hydrogens (primary N) is 1. The molecule has 0 saturated carbocycles.